The number of methoxy groups -OCH3 is 2. The molecule has 0 saturated heterocycles. The van der Waals surface area contributed by atoms with Gasteiger partial charge in [-0.1, -0.05) is 91.1 Å². The normalized spacial score (nSPS) is 11.9. The van der Waals surface area contributed by atoms with Crippen LogP contribution in [0.2, 0.25) is 10.0 Å². The van der Waals surface area contributed by atoms with Crippen LogP contribution < -0.4 is 19.1 Å². The number of amides is 2. The van der Waals surface area contributed by atoms with Crippen LogP contribution in [0.5, 0.6) is 11.5 Å². The Kier molecular flexibility index (Phi) is 13.0. The molecule has 4 aromatic carbocycles. The van der Waals surface area contributed by atoms with Crippen molar-refractivity contribution in [1.82, 2.24) is 10.2 Å². The Hall–Kier alpha value is -4.25. The fourth-order valence-electron chi connectivity index (χ4n) is 5.15. The number of hydrogen-bond acceptors (Lipinski definition) is 6. The van der Waals surface area contributed by atoms with Crippen LogP contribution in [0.1, 0.15) is 30.5 Å². The summed E-state index contributed by atoms with van der Waals surface area (Å²) in [6, 6.07) is 24.3. The molecule has 49 heavy (non-hydrogen) atoms. The summed E-state index contributed by atoms with van der Waals surface area (Å²) >= 11 is 12.8. The van der Waals surface area contributed by atoms with Crippen molar-refractivity contribution in [3.8, 4) is 11.5 Å². The molecule has 0 aliphatic rings. The third-order valence-electron chi connectivity index (χ3n) is 7.86. The van der Waals surface area contributed by atoms with E-state index in [1.165, 1.54) is 37.3 Å². The fourth-order valence-corrected chi connectivity index (χ4v) is 7.05. The standard InChI is InChI=1S/C37H41Cl2N3O6S/c1-25(2)22-40-37(44)33(19-27-9-7-6-8-10-27)41(23-28-13-14-29(38)20-32(28)39)36(43)24-42(30-15-11-26(3)12-16-30)49(45,46)31-17-18-34(47-4)35(21-31)48-5/h6-18,20-21,25,33H,19,22-24H2,1-5H3,(H,40,44)/t33-/m1/s1. The van der Waals surface area contributed by atoms with E-state index in [2.05, 4.69) is 5.32 Å². The molecule has 4 rings (SSSR count). The molecule has 0 aliphatic heterocycles. The van der Waals surface area contributed by atoms with Gasteiger partial charge in [-0.05, 0) is 60.4 Å². The minimum atomic E-state index is -4.36. The minimum absolute atomic E-state index is 0.0838. The lowest BCUT2D eigenvalue weighted by Gasteiger charge is -2.34. The second kappa shape index (κ2) is 16.9. The van der Waals surface area contributed by atoms with Gasteiger partial charge in [0.2, 0.25) is 11.8 Å². The summed E-state index contributed by atoms with van der Waals surface area (Å²) in [6.07, 6.45) is 0.175. The summed E-state index contributed by atoms with van der Waals surface area (Å²) < 4.78 is 40.6. The first-order valence-corrected chi connectivity index (χ1v) is 17.9. The van der Waals surface area contributed by atoms with Gasteiger partial charge in [0.15, 0.2) is 11.5 Å². The van der Waals surface area contributed by atoms with Crippen molar-refractivity contribution >= 4 is 50.7 Å². The van der Waals surface area contributed by atoms with Crippen LogP contribution in [0.15, 0.2) is 95.9 Å². The summed E-state index contributed by atoms with van der Waals surface area (Å²) in [5.41, 5.74) is 2.53. The number of ether oxygens (including phenoxy) is 2. The van der Waals surface area contributed by atoms with Gasteiger partial charge in [0.25, 0.3) is 10.0 Å². The second-order valence-corrected chi connectivity index (χ2v) is 14.7. The number of rotatable bonds is 15. The van der Waals surface area contributed by atoms with E-state index in [1.54, 1.807) is 42.5 Å². The van der Waals surface area contributed by atoms with Gasteiger partial charge in [0, 0.05) is 35.6 Å². The molecule has 9 nitrogen and oxygen atoms in total. The van der Waals surface area contributed by atoms with E-state index in [4.69, 9.17) is 32.7 Å². The molecule has 0 aromatic heterocycles. The first-order valence-electron chi connectivity index (χ1n) is 15.7. The van der Waals surface area contributed by atoms with Crippen LogP contribution in [-0.2, 0) is 32.6 Å². The van der Waals surface area contributed by atoms with Crippen molar-refractivity contribution in [2.45, 2.75) is 44.7 Å². The van der Waals surface area contributed by atoms with Crippen LogP contribution in [0.25, 0.3) is 0 Å². The maximum atomic E-state index is 14.7. The van der Waals surface area contributed by atoms with Crippen molar-refractivity contribution in [3.63, 3.8) is 0 Å². The summed E-state index contributed by atoms with van der Waals surface area (Å²) in [5.74, 6) is -0.277. The summed E-state index contributed by atoms with van der Waals surface area (Å²) in [5, 5.41) is 3.69. The van der Waals surface area contributed by atoms with Gasteiger partial charge in [-0.15, -0.1) is 0 Å². The molecule has 0 heterocycles. The van der Waals surface area contributed by atoms with Crippen LogP contribution in [0.4, 0.5) is 5.69 Å². The van der Waals surface area contributed by atoms with E-state index in [9.17, 15) is 18.0 Å². The highest BCUT2D eigenvalue weighted by Gasteiger charge is 2.35. The Morgan fingerprint density at radius 1 is 0.857 bits per heavy atom. The predicted octanol–water partition coefficient (Wildman–Crippen LogP) is 6.93. The van der Waals surface area contributed by atoms with Crippen LogP contribution in [0.3, 0.4) is 0 Å². The molecule has 0 spiro atoms. The molecular weight excluding hydrogens is 685 g/mol. The number of sulfonamides is 1. The number of hydrogen-bond donors (Lipinski definition) is 1. The third kappa shape index (κ3) is 9.68. The minimum Gasteiger partial charge on any atom is -0.493 e. The molecule has 4 aromatic rings. The van der Waals surface area contributed by atoms with Gasteiger partial charge in [-0.3, -0.25) is 13.9 Å². The van der Waals surface area contributed by atoms with Crippen molar-refractivity contribution in [3.05, 3.63) is 118 Å². The van der Waals surface area contributed by atoms with E-state index in [0.29, 0.717) is 27.9 Å². The van der Waals surface area contributed by atoms with Crippen LogP contribution >= 0.6 is 23.2 Å². The van der Waals surface area contributed by atoms with E-state index in [-0.39, 0.29) is 41.1 Å². The Morgan fingerprint density at radius 3 is 2.14 bits per heavy atom. The van der Waals surface area contributed by atoms with Crippen molar-refractivity contribution in [2.75, 3.05) is 31.6 Å². The number of benzene rings is 4. The zero-order valence-corrected chi connectivity index (χ0v) is 30.5. The molecule has 1 atom stereocenters. The lowest BCUT2D eigenvalue weighted by Crippen LogP contribution is -2.53. The van der Waals surface area contributed by atoms with Crippen LogP contribution in [0, 0.1) is 12.8 Å². The summed E-state index contributed by atoms with van der Waals surface area (Å²) in [7, 11) is -1.50. The highest BCUT2D eigenvalue weighted by molar-refractivity contribution is 7.92. The molecule has 0 saturated carbocycles. The number of carbonyl (C=O) groups excluding carboxylic acids is 2. The van der Waals surface area contributed by atoms with Gasteiger partial charge in [0.05, 0.1) is 24.8 Å². The van der Waals surface area contributed by atoms with Crippen molar-refractivity contribution in [1.29, 1.82) is 0 Å². The molecular formula is C37H41Cl2N3O6S. The van der Waals surface area contributed by atoms with E-state index in [0.717, 1.165) is 15.4 Å². The first-order chi connectivity index (χ1) is 23.3. The Balaban J connectivity index is 1.84. The van der Waals surface area contributed by atoms with Gasteiger partial charge < -0.3 is 19.7 Å². The summed E-state index contributed by atoms with van der Waals surface area (Å²) in [4.78, 5) is 29.9. The number of halogens is 2. The topological polar surface area (TPSA) is 105 Å². The average Bonchev–Trinajstić information content (AvgIpc) is 3.08. The molecule has 0 radical (unpaired) electrons. The molecule has 12 heteroatoms. The number of anilines is 1. The third-order valence-corrected chi connectivity index (χ3v) is 10.2. The van der Waals surface area contributed by atoms with E-state index in [1.807, 2.05) is 51.1 Å². The number of carbonyl (C=O) groups is 2. The SMILES string of the molecule is COc1ccc(S(=O)(=O)N(CC(=O)N(Cc2ccc(Cl)cc2Cl)[C@H](Cc2ccccc2)C(=O)NCC(C)C)c2ccc(C)cc2)cc1OC. The van der Waals surface area contributed by atoms with E-state index >= 15 is 0 Å². The quantitative estimate of drug-likeness (QED) is 0.143. The maximum absolute atomic E-state index is 14.7. The molecule has 260 valence electrons. The van der Waals surface area contributed by atoms with E-state index < -0.39 is 28.5 Å². The highest BCUT2D eigenvalue weighted by Crippen LogP contribution is 2.33. The molecule has 0 fully saturated rings. The Morgan fingerprint density at radius 2 is 1.53 bits per heavy atom. The number of nitrogens with one attached hydrogen (secondary N) is 1. The highest BCUT2D eigenvalue weighted by atomic mass is 35.5. The zero-order valence-electron chi connectivity index (χ0n) is 28.2. The Labute approximate surface area is 298 Å². The zero-order chi connectivity index (χ0) is 35.7. The summed E-state index contributed by atoms with van der Waals surface area (Å²) in [6.45, 7) is 5.51. The second-order valence-electron chi connectivity index (χ2n) is 12.0. The van der Waals surface area contributed by atoms with Gasteiger partial charge >= 0.3 is 0 Å². The largest absolute Gasteiger partial charge is 0.493 e. The van der Waals surface area contributed by atoms with Gasteiger partial charge in [-0.2, -0.15) is 0 Å². The molecule has 0 bridgehead atoms. The predicted molar refractivity (Wildman–Crippen MR) is 194 cm³/mol. The molecule has 0 unspecified atom stereocenters. The lowest BCUT2D eigenvalue weighted by molar-refractivity contribution is -0.140. The van der Waals surface area contributed by atoms with Crippen molar-refractivity contribution < 1.29 is 27.5 Å². The lowest BCUT2D eigenvalue weighted by atomic mass is 10.0. The van der Waals surface area contributed by atoms with Crippen molar-refractivity contribution in [2.24, 2.45) is 5.92 Å². The van der Waals surface area contributed by atoms with Gasteiger partial charge in [0.1, 0.15) is 12.6 Å². The fraction of sp³-hybridized carbons (Fsp3) is 0.297. The molecule has 2 amide bonds. The smallest absolute Gasteiger partial charge is 0.264 e. The van der Waals surface area contributed by atoms with Gasteiger partial charge in [-0.25, -0.2) is 8.42 Å². The molecule has 0 aliphatic carbocycles. The Bertz CT molecular complexity index is 1850. The average molecular weight is 727 g/mol. The first kappa shape index (κ1) is 37.6. The number of nitrogens with zero attached hydrogens (tertiary/aromatic N) is 2. The number of aryl methyl sites for hydroxylation is 1. The maximum Gasteiger partial charge on any atom is 0.264 e. The molecule has 1 N–H and O–H groups in total. The monoisotopic (exact) mass is 725 g/mol. The van der Waals surface area contributed by atoms with Crippen LogP contribution in [-0.4, -0.2) is 58.5 Å².